The van der Waals surface area contributed by atoms with Crippen molar-refractivity contribution >= 4 is 17.4 Å². The molecule has 1 heterocycles. The monoisotopic (exact) mass is 326 g/mol. The maximum atomic E-state index is 13.2. The number of piperidine rings is 1. The lowest BCUT2D eigenvalue weighted by Crippen LogP contribution is -2.43. The van der Waals surface area contributed by atoms with Gasteiger partial charge in [0.2, 0.25) is 11.8 Å². The lowest BCUT2D eigenvalue weighted by Gasteiger charge is -2.30. The number of halogens is 3. The molecule has 1 aromatic carbocycles. The van der Waals surface area contributed by atoms with Crippen LogP contribution in [0.5, 0.6) is 0 Å². The molecule has 1 aliphatic heterocycles. The van der Waals surface area contributed by atoms with Crippen LogP contribution in [0.3, 0.4) is 0 Å². The maximum absolute atomic E-state index is 13.2. The molecule has 7 heteroatoms. The highest BCUT2D eigenvalue weighted by Crippen LogP contribution is 2.34. The summed E-state index contributed by atoms with van der Waals surface area (Å²) in [6.07, 6.45) is -2.96. The quantitative estimate of drug-likeness (QED) is 0.867. The number of carbonyl (C=O) groups excluding carboxylic acids is 2. The van der Waals surface area contributed by atoms with Crippen LogP contribution in [0.15, 0.2) is 36.4 Å². The van der Waals surface area contributed by atoms with Gasteiger partial charge in [-0.25, -0.2) is 0 Å². The average molecular weight is 326 g/mol. The summed E-state index contributed by atoms with van der Waals surface area (Å²) in [6.45, 7) is 0.379. The Kier molecular flexibility index (Phi) is 5.08. The number of primary amides is 1. The number of hydrogen-bond donors (Lipinski definition) is 1. The summed E-state index contributed by atoms with van der Waals surface area (Å²) in [5.41, 5.74) is 4.15. The van der Waals surface area contributed by atoms with Gasteiger partial charge < -0.3 is 10.6 Å². The first-order chi connectivity index (χ1) is 10.8. The van der Waals surface area contributed by atoms with Crippen LogP contribution in [-0.4, -0.2) is 36.0 Å². The number of rotatable bonds is 3. The van der Waals surface area contributed by atoms with Crippen LogP contribution in [0, 0.1) is 5.92 Å². The molecule has 1 atom stereocenters. The fourth-order valence-corrected chi connectivity index (χ4v) is 2.57. The number of carbonyl (C=O) groups is 2. The Labute approximate surface area is 131 Å². The largest absolute Gasteiger partial charge is 0.417 e. The number of nitrogens with zero attached hydrogens (tertiary/aromatic N) is 1. The van der Waals surface area contributed by atoms with E-state index in [1.165, 1.54) is 29.2 Å². The zero-order valence-electron chi connectivity index (χ0n) is 12.3. The third-order valence-corrected chi connectivity index (χ3v) is 3.79. The van der Waals surface area contributed by atoms with Gasteiger partial charge in [0.15, 0.2) is 0 Å². The van der Waals surface area contributed by atoms with Crippen LogP contribution in [0.25, 0.3) is 5.57 Å². The van der Waals surface area contributed by atoms with Crippen molar-refractivity contribution in [3.05, 3.63) is 42.0 Å². The molecule has 124 valence electrons. The zero-order valence-corrected chi connectivity index (χ0v) is 12.3. The Morgan fingerprint density at radius 3 is 2.43 bits per heavy atom. The third kappa shape index (κ3) is 4.34. The van der Waals surface area contributed by atoms with Gasteiger partial charge in [-0.05, 0) is 18.4 Å². The lowest BCUT2D eigenvalue weighted by molar-refractivity contribution is -0.131. The van der Waals surface area contributed by atoms with E-state index in [9.17, 15) is 22.8 Å². The molecule has 1 saturated heterocycles. The normalized spacial score (nSPS) is 19.5. The molecule has 0 unspecified atom stereocenters. The Bertz CT molecular complexity index is 612. The molecule has 0 spiro atoms. The summed E-state index contributed by atoms with van der Waals surface area (Å²) < 4.78 is 39.7. The first-order valence-electron chi connectivity index (χ1n) is 7.21. The molecule has 0 bridgehead atoms. The SMILES string of the molecule is NC(=O)[C@@H]1CCCN(C(=O)/C=C(\c2ccccc2)C(F)(F)F)C1. The Morgan fingerprint density at radius 2 is 1.87 bits per heavy atom. The smallest absolute Gasteiger partial charge is 0.369 e. The number of allylic oxidation sites excluding steroid dienone is 1. The minimum atomic E-state index is -4.64. The van der Waals surface area contributed by atoms with E-state index in [1.54, 1.807) is 6.07 Å². The molecule has 23 heavy (non-hydrogen) atoms. The van der Waals surface area contributed by atoms with E-state index >= 15 is 0 Å². The second-order valence-electron chi connectivity index (χ2n) is 5.45. The summed E-state index contributed by atoms with van der Waals surface area (Å²) >= 11 is 0. The molecule has 0 aliphatic carbocycles. The lowest BCUT2D eigenvalue weighted by atomic mass is 9.97. The van der Waals surface area contributed by atoms with Crippen molar-refractivity contribution in [3.63, 3.8) is 0 Å². The Morgan fingerprint density at radius 1 is 1.22 bits per heavy atom. The van der Waals surface area contributed by atoms with Gasteiger partial charge in [0.05, 0.1) is 11.5 Å². The predicted octanol–water partition coefficient (Wildman–Crippen LogP) is 2.36. The molecular weight excluding hydrogens is 309 g/mol. The van der Waals surface area contributed by atoms with Gasteiger partial charge >= 0.3 is 6.18 Å². The number of amides is 2. The highest BCUT2D eigenvalue weighted by molar-refractivity contribution is 5.96. The molecular formula is C16H17F3N2O2. The molecule has 4 nitrogen and oxygen atoms in total. The number of likely N-dealkylation sites (tertiary alicyclic amines) is 1. The van der Waals surface area contributed by atoms with E-state index in [4.69, 9.17) is 5.73 Å². The van der Waals surface area contributed by atoms with Crippen LogP contribution in [0.2, 0.25) is 0 Å². The molecule has 2 amide bonds. The molecule has 1 fully saturated rings. The van der Waals surface area contributed by atoms with Gasteiger partial charge in [0.25, 0.3) is 0 Å². The summed E-state index contributed by atoms with van der Waals surface area (Å²) in [6, 6.07) is 7.15. The van der Waals surface area contributed by atoms with Gasteiger partial charge in [-0.1, -0.05) is 30.3 Å². The summed E-state index contributed by atoms with van der Waals surface area (Å²) in [5.74, 6) is -1.80. The Balaban J connectivity index is 2.25. The van der Waals surface area contributed by atoms with Crippen molar-refractivity contribution < 1.29 is 22.8 Å². The van der Waals surface area contributed by atoms with Crippen LogP contribution in [0.4, 0.5) is 13.2 Å². The number of alkyl halides is 3. The molecule has 2 rings (SSSR count). The standard InChI is InChI=1S/C16H17F3N2O2/c17-16(18,19)13(11-5-2-1-3-6-11)9-14(22)21-8-4-7-12(10-21)15(20)23/h1-3,5-6,9,12H,4,7-8,10H2,(H2,20,23)/b13-9+/t12-/m1/s1. The minimum absolute atomic E-state index is 0.0601. The zero-order chi connectivity index (χ0) is 17.0. The fraction of sp³-hybridized carbons (Fsp3) is 0.375. The highest BCUT2D eigenvalue weighted by Gasteiger charge is 2.36. The van der Waals surface area contributed by atoms with Crippen LogP contribution in [-0.2, 0) is 9.59 Å². The van der Waals surface area contributed by atoms with Crippen molar-refractivity contribution in [2.24, 2.45) is 11.7 Å². The molecule has 1 aliphatic rings. The average Bonchev–Trinajstić information content (AvgIpc) is 2.52. The van der Waals surface area contributed by atoms with Crippen molar-refractivity contribution in [2.75, 3.05) is 13.1 Å². The van der Waals surface area contributed by atoms with Gasteiger partial charge in [-0.15, -0.1) is 0 Å². The summed E-state index contributed by atoms with van der Waals surface area (Å²) in [5, 5.41) is 0. The molecule has 1 aromatic rings. The van der Waals surface area contributed by atoms with E-state index in [0.717, 1.165) is 0 Å². The van der Waals surface area contributed by atoms with Crippen molar-refractivity contribution in [1.29, 1.82) is 0 Å². The first kappa shape index (κ1) is 17.1. The highest BCUT2D eigenvalue weighted by atomic mass is 19.4. The molecule has 0 aromatic heterocycles. The van der Waals surface area contributed by atoms with E-state index in [0.29, 0.717) is 25.5 Å². The number of benzene rings is 1. The van der Waals surface area contributed by atoms with Crippen molar-refractivity contribution in [1.82, 2.24) is 4.90 Å². The summed E-state index contributed by atoms with van der Waals surface area (Å²) in [7, 11) is 0. The van der Waals surface area contributed by atoms with E-state index in [1.807, 2.05) is 0 Å². The fourth-order valence-electron chi connectivity index (χ4n) is 2.57. The molecule has 0 radical (unpaired) electrons. The predicted molar refractivity (Wildman–Crippen MR) is 79.0 cm³/mol. The van der Waals surface area contributed by atoms with Crippen LogP contribution >= 0.6 is 0 Å². The van der Waals surface area contributed by atoms with Crippen molar-refractivity contribution in [3.8, 4) is 0 Å². The third-order valence-electron chi connectivity index (χ3n) is 3.79. The summed E-state index contributed by atoms with van der Waals surface area (Å²) in [4.78, 5) is 24.7. The van der Waals surface area contributed by atoms with Gasteiger partial charge in [-0.2, -0.15) is 13.2 Å². The van der Waals surface area contributed by atoms with Crippen LogP contribution in [0.1, 0.15) is 18.4 Å². The topological polar surface area (TPSA) is 63.4 Å². The number of nitrogens with two attached hydrogens (primary N) is 1. The maximum Gasteiger partial charge on any atom is 0.417 e. The van der Waals surface area contributed by atoms with Gasteiger partial charge in [0.1, 0.15) is 0 Å². The molecule has 0 saturated carbocycles. The first-order valence-corrected chi connectivity index (χ1v) is 7.21. The molecule has 2 N–H and O–H groups in total. The minimum Gasteiger partial charge on any atom is -0.369 e. The van der Waals surface area contributed by atoms with E-state index < -0.39 is 29.5 Å². The number of hydrogen-bond acceptors (Lipinski definition) is 2. The second-order valence-corrected chi connectivity index (χ2v) is 5.45. The van der Waals surface area contributed by atoms with Gasteiger partial charge in [0, 0.05) is 19.2 Å². The van der Waals surface area contributed by atoms with E-state index in [2.05, 4.69) is 0 Å². The second kappa shape index (κ2) is 6.85. The Hall–Kier alpha value is -2.31. The van der Waals surface area contributed by atoms with Crippen molar-refractivity contribution in [2.45, 2.75) is 19.0 Å². The van der Waals surface area contributed by atoms with Gasteiger partial charge in [-0.3, -0.25) is 9.59 Å². The van der Waals surface area contributed by atoms with Crippen LogP contribution < -0.4 is 5.73 Å². The van der Waals surface area contributed by atoms with E-state index in [-0.39, 0.29) is 12.1 Å².